The quantitative estimate of drug-likeness (QED) is 0.111. The maximum atomic E-state index is 14.8. The Balaban J connectivity index is 0.000000336. The van der Waals surface area contributed by atoms with Crippen LogP contribution in [0.2, 0.25) is 0 Å². The fraction of sp³-hybridized carbons (Fsp3) is 0.303. The standard InChI is InChI=1S/C26H28BrFN4O3.C7H6BF3O2/c1-4-26(5-2,25(33)34)14-24-29-22-9-8-20(35-16-19-10-11-31(3)30-19)13-23(22)32(24)15-17-6-7-18(27)12-21(17)28;9-7(10,11)5-1-3-6(4-2-5)8(12)13/h6-13H,4-5,14-16H2,1-3H3,(H,33,34);1-4,12-13H. The van der Waals surface area contributed by atoms with E-state index in [1.807, 2.05) is 55.9 Å². The van der Waals surface area contributed by atoms with E-state index in [2.05, 4.69) is 21.0 Å². The summed E-state index contributed by atoms with van der Waals surface area (Å²) in [5.74, 6) is 0.0402. The molecule has 5 aromatic rings. The number of ether oxygens (including phenoxy) is 1. The van der Waals surface area contributed by atoms with Crippen molar-refractivity contribution in [2.75, 3.05) is 0 Å². The maximum absolute atomic E-state index is 14.8. The molecule has 3 N–H and O–H groups in total. The van der Waals surface area contributed by atoms with E-state index in [0.29, 0.717) is 46.6 Å². The molecule has 0 atom stereocenters. The molecule has 254 valence electrons. The van der Waals surface area contributed by atoms with Crippen molar-refractivity contribution < 1.29 is 42.2 Å². The van der Waals surface area contributed by atoms with Gasteiger partial charge in [0, 0.05) is 35.8 Å². The van der Waals surface area contributed by atoms with Crippen LogP contribution < -0.4 is 10.2 Å². The minimum atomic E-state index is -4.39. The van der Waals surface area contributed by atoms with Gasteiger partial charge in [-0.3, -0.25) is 9.48 Å². The molecule has 0 saturated heterocycles. The van der Waals surface area contributed by atoms with Crippen LogP contribution in [0.3, 0.4) is 0 Å². The first-order chi connectivity index (χ1) is 22.7. The molecule has 0 amide bonds. The van der Waals surface area contributed by atoms with Crippen molar-refractivity contribution >= 4 is 45.5 Å². The molecule has 2 heterocycles. The molecule has 0 aliphatic heterocycles. The number of fused-ring (bicyclic) bond motifs is 1. The van der Waals surface area contributed by atoms with Crippen LogP contribution in [-0.2, 0) is 37.6 Å². The van der Waals surface area contributed by atoms with E-state index in [1.165, 1.54) is 6.07 Å². The zero-order chi connectivity index (χ0) is 35.2. The van der Waals surface area contributed by atoms with Crippen LogP contribution >= 0.6 is 15.9 Å². The highest BCUT2D eigenvalue weighted by Crippen LogP contribution is 2.34. The topological polar surface area (TPSA) is 123 Å². The van der Waals surface area contributed by atoms with Crippen LogP contribution in [0.25, 0.3) is 11.0 Å². The SMILES string of the molecule is CCC(CC)(Cc1nc2ccc(OCc3ccn(C)n3)cc2n1Cc1ccc(Br)cc1F)C(=O)O.OB(O)c1ccc(C(F)(F)F)cc1. The van der Waals surface area contributed by atoms with Crippen LogP contribution in [0.5, 0.6) is 5.75 Å². The maximum Gasteiger partial charge on any atom is 0.488 e. The molecule has 0 aliphatic rings. The van der Waals surface area contributed by atoms with Crippen molar-refractivity contribution in [2.24, 2.45) is 12.5 Å². The zero-order valence-corrected chi connectivity index (χ0v) is 28.0. The van der Waals surface area contributed by atoms with E-state index in [9.17, 15) is 27.5 Å². The van der Waals surface area contributed by atoms with Gasteiger partial charge in [-0.25, -0.2) is 9.37 Å². The normalized spacial score (nSPS) is 11.7. The van der Waals surface area contributed by atoms with E-state index in [1.54, 1.807) is 16.8 Å². The number of hydrogen-bond acceptors (Lipinski definition) is 6. The van der Waals surface area contributed by atoms with Crippen LogP contribution in [0.15, 0.2) is 77.4 Å². The van der Waals surface area contributed by atoms with E-state index >= 15 is 0 Å². The number of aromatic nitrogens is 4. The highest BCUT2D eigenvalue weighted by atomic mass is 79.9. The summed E-state index contributed by atoms with van der Waals surface area (Å²) >= 11 is 3.30. The van der Waals surface area contributed by atoms with Gasteiger partial charge in [0.2, 0.25) is 0 Å². The number of carboxylic acid groups (broad SMARTS) is 1. The van der Waals surface area contributed by atoms with Crippen LogP contribution in [0.4, 0.5) is 17.6 Å². The number of benzene rings is 3. The molecule has 15 heteroatoms. The monoisotopic (exact) mass is 732 g/mol. The highest BCUT2D eigenvalue weighted by Gasteiger charge is 2.37. The second-order valence-corrected chi connectivity index (χ2v) is 12.1. The van der Waals surface area contributed by atoms with Gasteiger partial charge in [0.25, 0.3) is 0 Å². The van der Waals surface area contributed by atoms with Gasteiger partial charge in [-0.1, -0.05) is 60.1 Å². The van der Waals surface area contributed by atoms with Gasteiger partial charge in [-0.05, 0) is 48.6 Å². The Kier molecular flexibility index (Phi) is 11.7. The molecule has 5 rings (SSSR count). The van der Waals surface area contributed by atoms with Gasteiger partial charge in [-0.2, -0.15) is 18.3 Å². The number of hydrogen-bond donors (Lipinski definition) is 3. The number of imidazole rings is 1. The lowest BCUT2D eigenvalue weighted by molar-refractivity contribution is -0.149. The molecular formula is C33H34BBrF4N4O5. The smallest absolute Gasteiger partial charge is 0.487 e. The molecule has 0 unspecified atom stereocenters. The lowest BCUT2D eigenvalue weighted by Crippen LogP contribution is -2.33. The number of carboxylic acids is 1. The fourth-order valence-electron chi connectivity index (χ4n) is 5.10. The second kappa shape index (κ2) is 15.3. The van der Waals surface area contributed by atoms with Crippen LogP contribution in [0.1, 0.15) is 49.3 Å². The first-order valence-corrected chi connectivity index (χ1v) is 15.8. The predicted molar refractivity (Wildman–Crippen MR) is 176 cm³/mol. The van der Waals surface area contributed by atoms with E-state index in [0.717, 1.165) is 35.5 Å². The lowest BCUT2D eigenvalue weighted by Gasteiger charge is -2.26. The number of aliphatic carboxylic acids is 1. The Morgan fingerprint density at radius 2 is 1.69 bits per heavy atom. The Morgan fingerprint density at radius 3 is 2.23 bits per heavy atom. The molecule has 0 saturated carbocycles. The Hall–Kier alpha value is -4.21. The van der Waals surface area contributed by atoms with Crippen molar-refractivity contribution in [3.8, 4) is 5.75 Å². The molecule has 9 nitrogen and oxygen atoms in total. The second-order valence-electron chi connectivity index (χ2n) is 11.2. The van der Waals surface area contributed by atoms with Gasteiger partial charge >= 0.3 is 19.3 Å². The van der Waals surface area contributed by atoms with Crippen molar-refractivity contribution in [3.63, 3.8) is 0 Å². The van der Waals surface area contributed by atoms with Crippen LogP contribution in [0, 0.1) is 11.2 Å². The molecule has 0 spiro atoms. The molecule has 2 aromatic heterocycles. The number of aryl methyl sites for hydroxylation is 1. The van der Waals surface area contributed by atoms with Crippen molar-refractivity contribution in [1.29, 1.82) is 0 Å². The molecule has 0 bridgehead atoms. The number of halogens is 5. The van der Waals surface area contributed by atoms with Gasteiger partial charge in [0.1, 0.15) is 24.0 Å². The molecule has 0 aliphatic carbocycles. The van der Waals surface area contributed by atoms with E-state index < -0.39 is 30.2 Å². The van der Waals surface area contributed by atoms with Crippen molar-refractivity contribution in [1.82, 2.24) is 19.3 Å². The van der Waals surface area contributed by atoms with Crippen molar-refractivity contribution in [3.05, 3.63) is 106 Å². The summed E-state index contributed by atoms with van der Waals surface area (Å²) in [7, 11) is 0.114. The average molecular weight is 733 g/mol. The molecule has 0 fully saturated rings. The summed E-state index contributed by atoms with van der Waals surface area (Å²) in [6, 6.07) is 16.0. The minimum absolute atomic E-state index is 0.0352. The summed E-state index contributed by atoms with van der Waals surface area (Å²) in [6.07, 6.45) is -1.36. The summed E-state index contributed by atoms with van der Waals surface area (Å²) in [4.78, 5) is 17.0. The van der Waals surface area contributed by atoms with Crippen LogP contribution in [-0.4, -0.2) is 47.6 Å². The largest absolute Gasteiger partial charge is 0.488 e. The number of alkyl halides is 3. The number of nitrogens with zero attached hydrogens (tertiary/aromatic N) is 4. The van der Waals surface area contributed by atoms with Gasteiger partial charge in [0.15, 0.2) is 0 Å². The van der Waals surface area contributed by atoms with Gasteiger partial charge in [-0.15, -0.1) is 0 Å². The summed E-state index contributed by atoms with van der Waals surface area (Å²) in [5.41, 5.74) is 1.03. The Bertz CT molecular complexity index is 1860. The first kappa shape index (κ1) is 36.6. The molecule has 3 aromatic carbocycles. The third-order valence-electron chi connectivity index (χ3n) is 8.14. The zero-order valence-electron chi connectivity index (χ0n) is 26.4. The third-order valence-corrected chi connectivity index (χ3v) is 8.63. The third kappa shape index (κ3) is 8.82. The van der Waals surface area contributed by atoms with E-state index in [-0.39, 0.29) is 24.2 Å². The molecule has 0 radical (unpaired) electrons. The summed E-state index contributed by atoms with van der Waals surface area (Å²) < 4.78 is 61.0. The Morgan fingerprint density at radius 1 is 1.00 bits per heavy atom. The lowest BCUT2D eigenvalue weighted by atomic mass is 9.79. The first-order valence-electron chi connectivity index (χ1n) is 15.0. The number of carbonyl (C=O) groups is 1. The summed E-state index contributed by atoms with van der Waals surface area (Å²) in [5, 5.41) is 31.5. The van der Waals surface area contributed by atoms with Crippen molar-refractivity contribution in [2.45, 2.75) is 52.4 Å². The minimum Gasteiger partial charge on any atom is -0.487 e. The molecular weight excluding hydrogens is 699 g/mol. The molecule has 48 heavy (non-hydrogen) atoms. The van der Waals surface area contributed by atoms with Gasteiger partial charge < -0.3 is 24.5 Å². The summed E-state index contributed by atoms with van der Waals surface area (Å²) in [6.45, 7) is 4.28. The Labute approximate surface area is 283 Å². The highest BCUT2D eigenvalue weighted by molar-refractivity contribution is 9.10. The fourth-order valence-corrected chi connectivity index (χ4v) is 5.43. The van der Waals surface area contributed by atoms with Gasteiger partial charge in [0.05, 0.1) is 34.3 Å². The average Bonchev–Trinajstić information content (AvgIpc) is 3.61. The van der Waals surface area contributed by atoms with E-state index in [4.69, 9.17) is 19.8 Å². The number of rotatable bonds is 11. The predicted octanol–water partition coefficient (Wildman–Crippen LogP) is 6.12.